The highest BCUT2D eigenvalue weighted by Gasteiger charge is 2.04. The van der Waals surface area contributed by atoms with E-state index in [1.54, 1.807) is 6.07 Å². The second-order valence-corrected chi connectivity index (χ2v) is 3.55. The van der Waals surface area contributed by atoms with E-state index in [1.807, 2.05) is 12.1 Å². The third-order valence-corrected chi connectivity index (χ3v) is 2.43. The standard InChI is InChI=1S/C9H10BrNO2/c10-8-3-6(5-11)1-2-7(8)4-9(12)13/h1-3H,4-5,11H2,(H,12,13). The Morgan fingerprint density at radius 3 is 2.69 bits per heavy atom. The van der Waals surface area contributed by atoms with E-state index in [2.05, 4.69) is 15.9 Å². The summed E-state index contributed by atoms with van der Waals surface area (Å²) < 4.78 is 0.804. The lowest BCUT2D eigenvalue weighted by atomic mass is 10.1. The van der Waals surface area contributed by atoms with Crippen LogP contribution < -0.4 is 5.73 Å². The van der Waals surface area contributed by atoms with Crippen molar-refractivity contribution in [3.05, 3.63) is 33.8 Å². The van der Waals surface area contributed by atoms with Crippen molar-refractivity contribution < 1.29 is 9.90 Å². The van der Waals surface area contributed by atoms with Crippen LogP contribution in [0.4, 0.5) is 0 Å². The topological polar surface area (TPSA) is 63.3 Å². The van der Waals surface area contributed by atoms with Gasteiger partial charge in [-0.2, -0.15) is 0 Å². The Balaban J connectivity index is 2.91. The molecular formula is C9H10BrNO2. The lowest BCUT2D eigenvalue weighted by molar-refractivity contribution is -0.136. The average molecular weight is 244 g/mol. The average Bonchev–Trinajstić information content (AvgIpc) is 2.08. The normalized spacial score (nSPS) is 10.0. The summed E-state index contributed by atoms with van der Waals surface area (Å²) >= 11 is 3.30. The van der Waals surface area contributed by atoms with Crippen LogP contribution in [0.15, 0.2) is 22.7 Å². The zero-order chi connectivity index (χ0) is 9.84. The minimum Gasteiger partial charge on any atom is -0.481 e. The third-order valence-electron chi connectivity index (χ3n) is 1.69. The Kier molecular flexibility index (Phi) is 3.45. The molecule has 70 valence electrons. The Morgan fingerprint density at radius 2 is 2.23 bits per heavy atom. The van der Waals surface area contributed by atoms with E-state index in [0.717, 1.165) is 15.6 Å². The van der Waals surface area contributed by atoms with Gasteiger partial charge in [0, 0.05) is 11.0 Å². The van der Waals surface area contributed by atoms with Crippen LogP contribution in [0.2, 0.25) is 0 Å². The fraction of sp³-hybridized carbons (Fsp3) is 0.222. The first kappa shape index (κ1) is 10.2. The Bertz CT molecular complexity index is 325. The largest absolute Gasteiger partial charge is 0.481 e. The van der Waals surface area contributed by atoms with E-state index in [-0.39, 0.29) is 6.42 Å². The first-order chi connectivity index (χ1) is 6.13. The smallest absolute Gasteiger partial charge is 0.307 e. The maximum atomic E-state index is 10.4. The molecule has 3 nitrogen and oxygen atoms in total. The van der Waals surface area contributed by atoms with Crippen LogP contribution in [0.1, 0.15) is 11.1 Å². The highest BCUT2D eigenvalue weighted by atomic mass is 79.9. The second-order valence-electron chi connectivity index (χ2n) is 2.70. The lowest BCUT2D eigenvalue weighted by Gasteiger charge is -2.03. The van der Waals surface area contributed by atoms with E-state index in [0.29, 0.717) is 6.54 Å². The van der Waals surface area contributed by atoms with Crippen LogP contribution in [0.25, 0.3) is 0 Å². The fourth-order valence-corrected chi connectivity index (χ4v) is 1.59. The minimum atomic E-state index is -0.832. The van der Waals surface area contributed by atoms with Crippen molar-refractivity contribution in [3.63, 3.8) is 0 Å². The van der Waals surface area contributed by atoms with E-state index in [4.69, 9.17) is 10.8 Å². The van der Waals surface area contributed by atoms with Crippen LogP contribution >= 0.6 is 15.9 Å². The van der Waals surface area contributed by atoms with E-state index >= 15 is 0 Å². The molecule has 0 spiro atoms. The number of carboxylic acid groups (broad SMARTS) is 1. The minimum absolute atomic E-state index is 0.0332. The van der Waals surface area contributed by atoms with Crippen LogP contribution in [-0.2, 0) is 17.8 Å². The number of carbonyl (C=O) groups is 1. The summed E-state index contributed by atoms with van der Waals surface area (Å²) in [6, 6.07) is 5.46. The predicted octanol–water partition coefficient (Wildman–Crippen LogP) is 1.53. The molecule has 0 aliphatic rings. The SMILES string of the molecule is NCc1ccc(CC(=O)O)c(Br)c1. The number of aliphatic carboxylic acids is 1. The maximum absolute atomic E-state index is 10.4. The summed E-state index contributed by atoms with van der Waals surface area (Å²) in [6.45, 7) is 0.464. The summed E-state index contributed by atoms with van der Waals surface area (Å²) in [4.78, 5) is 10.4. The van der Waals surface area contributed by atoms with Gasteiger partial charge in [0.25, 0.3) is 0 Å². The number of nitrogens with two attached hydrogens (primary N) is 1. The summed E-state index contributed by atoms with van der Waals surface area (Å²) in [5.41, 5.74) is 7.19. The number of hydrogen-bond acceptors (Lipinski definition) is 2. The molecule has 0 heterocycles. The zero-order valence-electron chi connectivity index (χ0n) is 6.96. The van der Waals surface area contributed by atoms with Crippen molar-refractivity contribution in [1.82, 2.24) is 0 Å². The van der Waals surface area contributed by atoms with Gasteiger partial charge in [0.1, 0.15) is 0 Å². The molecule has 0 fully saturated rings. The Morgan fingerprint density at radius 1 is 1.54 bits per heavy atom. The van der Waals surface area contributed by atoms with Gasteiger partial charge in [-0.3, -0.25) is 4.79 Å². The van der Waals surface area contributed by atoms with E-state index in [1.165, 1.54) is 0 Å². The van der Waals surface area contributed by atoms with Gasteiger partial charge in [-0.1, -0.05) is 28.1 Å². The van der Waals surface area contributed by atoms with Crippen molar-refractivity contribution in [2.24, 2.45) is 5.73 Å². The van der Waals surface area contributed by atoms with Gasteiger partial charge >= 0.3 is 5.97 Å². The number of rotatable bonds is 3. The number of carboxylic acids is 1. The molecule has 0 aromatic heterocycles. The summed E-state index contributed by atoms with van der Waals surface area (Å²) in [7, 11) is 0. The molecule has 13 heavy (non-hydrogen) atoms. The number of hydrogen-bond donors (Lipinski definition) is 2. The van der Waals surface area contributed by atoms with E-state index < -0.39 is 5.97 Å². The first-order valence-corrected chi connectivity index (χ1v) is 4.62. The number of benzene rings is 1. The molecule has 1 aromatic carbocycles. The maximum Gasteiger partial charge on any atom is 0.307 e. The van der Waals surface area contributed by atoms with Gasteiger partial charge in [-0.15, -0.1) is 0 Å². The molecule has 0 aliphatic heterocycles. The molecular weight excluding hydrogens is 234 g/mol. The van der Waals surface area contributed by atoms with Crippen LogP contribution in [0, 0.1) is 0 Å². The molecule has 4 heteroatoms. The molecule has 0 radical (unpaired) electrons. The Hall–Kier alpha value is -0.870. The fourth-order valence-electron chi connectivity index (χ4n) is 1.02. The number of halogens is 1. The van der Waals surface area contributed by atoms with Crippen LogP contribution in [0.3, 0.4) is 0 Å². The van der Waals surface area contributed by atoms with Gasteiger partial charge in [-0.25, -0.2) is 0 Å². The van der Waals surface area contributed by atoms with Crippen molar-refractivity contribution >= 4 is 21.9 Å². The molecule has 1 aromatic rings. The highest BCUT2D eigenvalue weighted by Crippen LogP contribution is 2.18. The summed E-state index contributed by atoms with van der Waals surface area (Å²) in [5.74, 6) is -0.832. The Labute approximate surface area is 84.7 Å². The quantitative estimate of drug-likeness (QED) is 0.847. The molecule has 0 saturated carbocycles. The second kappa shape index (κ2) is 4.39. The molecule has 0 bridgehead atoms. The van der Waals surface area contributed by atoms with Crippen molar-refractivity contribution in [2.75, 3.05) is 0 Å². The van der Waals surface area contributed by atoms with Crippen LogP contribution in [0.5, 0.6) is 0 Å². The van der Waals surface area contributed by atoms with Gasteiger partial charge < -0.3 is 10.8 Å². The zero-order valence-corrected chi connectivity index (χ0v) is 8.54. The van der Waals surface area contributed by atoms with Gasteiger partial charge in [0.2, 0.25) is 0 Å². The summed E-state index contributed by atoms with van der Waals surface area (Å²) in [5, 5.41) is 8.57. The first-order valence-electron chi connectivity index (χ1n) is 3.82. The predicted molar refractivity (Wildman–Crippen MR) is 53.4 cm³/mol. The lowest BCUT2D eigenvalue weighted by Crippen LogP contribution is -2.02. The van der Waals surface area contributed by atoms with Crippen molar-refractivity contribution in [2.45, 2.75) is 13.0 Å². The van der Waals surface area contributed by atoms with Crippen molar-refractivity contribution in [3.8, 4) is 0 Å². The monoisotopic (exact) mass is 243 g/mol. The van der Waals surface area contributed by atoms with Crippen molar-refractivity contribution in [1.29, 1.82) is 0 Å². The molecule has 0 unspecified atom stereocenters. The molecule has 0 amide bonds. The third kappa shape index (κ3) is 2.82. The van der Waals surface area contributed by atoms with Crippen LogP contribution in [-0.4, -0.2) is 11.1 Å². The molecule has 0 aliphatic carbocycles. The summed E-state index contributed by atoms with van der Waals surface area (Å²) in [6.07, 6.45) is 0.0332. The molecule has 0 atom stereocenters. The van der Waals surface area contributed by atoms with Gasteiger partial charge in [0.05, 0.1) is 6.42 Å². The molecule has 1 rings (SSSR count). The van der Waals surface area contributed by atoms with E-state index in [9.17, 15) is 4.79 Å². The molecule has 0 saturated heterocycles. The van der Waals surface area contributed by atoms with Gasteiger partial charge in [-0.05, 0) is 17.2 Å². The molecule has 3 N–H and O–H groups in total. The highest BCUT2D eigenvalue weighted by molar-refractivity contribution is 9.10. The van der Waals surface area contributed by atoms with Gasteiger partial charge in [0.15, 0.2) is 0 Å².